The Morgan fingerprint density at radius 3 is 2.59 bits per heavy atom. The molecule has 8 nitrogen and oxygen atoms in total. The number of nitrogen functional groups attached to an aromatic ring is 1. The average Bonchev–Trinajstić information content (AvgIpc) is 2.73. The second-order valence-corrected chi connectivity index (χ2v) is 7.13. The van der Waals surface area contributed by atoms with Crippen molar-refractivity contribution in [3.8, 4) is 0 Å². The van der Waals surface area contributed by atoms with Crippen molar-refractivity contribution >= 4 is 28.1 Å². The van der Waals surface area contributed by atoms with E-state index in [0.29, 0.717) is 36.3 Å². The van der Waals surface area contributed by atoms with Crippen molar-refractivity contribution in [2.75, 3.05) is 12.3 Å². The Labute approximate surface area is 130 Å². The van der Waals surface area contributed by atoms with Crippen LogP contribution in [-0.2, 0) is 21.4 Å². The van der Waals surface area contributed by atoms with Crippen LogP contribution in [0.2, 0.25) is 0 Å². The second kappa shape index (κ2) is 5.73. The van der Waals surface area contributed by atoms with E-state index in [1.807, 2.05) is 0 Å². The predicted octanol–water partition coefficient (Wildman–Crippen LogP) is 0.103. The third-order valence-corrected chi connectivity index (χ3v) is 5.80. The van der Waals surface area contributed by atoms with E-state index < -0.39 is 16.1 Å². The van der Waals surface area contributed by atoms with Crippen LogP contribution in [0, 0.1) is 0 Å². The number of amides is 1. The van der Waals surface area contributed by atoms with Crippen LogP contribution in [0.3, 0.4) is 0 Å². The van der Waals surface area contributed by atoms with Gasteiger partial charge in [0.25, 0.3) is 0 Å². The maximum atomic E-state index is 12.8. The number of carbonyl (C=O) groups is 1. The van der Waals surface area contributed by atoms with Crippen LogP contribution in [0.25, 0.3) is 6.08 Å². The minimum absolute atomic E-state index is 0.105. The SMILES string of the molecule is CCN(C(C)C)S(=O)(=O)n1c(N)nc2c1CCC(C(N)=O)=C2. The highest BCUT2D eigenvalue weighted by atomic mass is 32.2. The number of imidazole rings is 1. The summed E-state index contributed by atoms with van der Waals surface area (Å²) in [6.07, 6.45) is 2.23. The van der Waals surface area contributed by atoms with Gasteiger partial charge in [-0.25, -0.2) is 4.98 Å². The first-order valence-electron chi connectivity index (χ1n) is 7.10. The summed E-state index contributed by atoms with van der Waals surface area (Å²) in [5.74, 6) is -0.634. The molecule has 1 aliphatic rings. The summed E-state index contributed by atoms with van der Waals surface area (Å²) >= 11 is 0. The van der Waals surface area contributed by atoms with Gasteiger partial charge in [-0.3, -0.25) is 4.79 Å². The molecule has 22 heavy (non-hydrogen) atoms. The molecule has 0 saturated carbocycles. The topological polar surface area (TPSA) is 124 Å². The highest BCUT2D eigenvalue weighted by Gasteiger charge is 2.32. The van der Waals surface area contributed by atoms with Gasteiger partial charge in [-0.05, 0) is 32.8 Å². The Bertz CT molecular complexity index is 733. The highest BCUT2D eigenvalue weighted by molar-refractivity contribution is 7.87. The third kappa shape index (κ3) is 2.61. The van der Waals surface area contributed by atoms with Gasteiger partial charge in [0, 0.05) is 18.2 Å². The summed E-state index contributed by atoms with van der Waals surface area (Å²) in [7, 11) is -3.80. The minimum atomic E-state index is -3.80. The Balaban J connectivity index is 2.58. The maximum absolute atomic E-state index is 12.8. The van der Waals surface area contributed by atoms with Crippen LogP contribution in [0.15, 0.2) is 5.57 Å². The van der Waals surface area contributed by atoms with Gasteiger partial charge >= 0.3 is 10.2 Å². The lowest BCUT2D eigenvalue weighted by Gasteiger charge is -2.26. The molecule has 0 saturated heterocycles. The van der Waals surface area contributed by atoms with Crippen LogP contribution in [0.4, 0.5) is 5.95 Å². The molecule has 0 aliphatic heterocycles. The van der Waals surface area contributed by atoms with E-state index in [-0.39, 0.29) is 12.0 Å². The molecule has 1 heterocycles. The van der Waals surface area contributed by atoms with Crippen molar-refractivity contribution in [3.63, 3.8) is 0 Å². The van der Waals surface area contributed by atoms with Gasteiger partial charge in [-0.2, -0.15) is 16.7 Å². The number of aromatic nitrogens is 2. The first-order valence-corrected chi connectivity index (χ1v) is 8.49. The number of rotatable bonds is 5. The lowest BCUT2D eigenvalue weighted by molar-refractivity contribution is -0.114. The quantitative estimate of drug-likeness (QED) is 0.794. The fraction of sp³-hybridized carbons (Fsp3) is 0.538. The van der Waals surface area contributed by atoms with Crippen LogP contribution in [0.1, 0.15) is 38.6 Å². The largest absolute Gasteiger partial charge is 0.368 e. The first kappa shape index (κ1) is 16.5. The van der Waals surface area contributed by atoms with Crippen molar-refractivity contribution in [1.29, 1.82) is 0 Å². The predicted molar refractivity (Wildman–Crippen MR) is 84.0 cm³/mol. The fourth-order valence-corrected chi connectivity index (χ4v) is 4.47. The van der Waals surface area contributed by atoms with Crippen LogP contribution in [0.5, 0.6) is 0 Å². The zero-order valence-corrected chi connectivity index (χ0v) is 13.7. The molecule has 4 N–H and O–H groups in total. The van der Waals surface area contributed by atoms with Crippen LogP contribution >= 0.6 is 0 Å². The molecule has 0 unspecified atom stereocenters. The van der Waals surface area contributed by atoms with Gasteiger partial charge in [0.2, 0.25) is 11.9 Å². The summed E-state index contributed by atoms with van der Waals surface area (Å²) in [6, 6.07) is -0.201. The minimum Gasteiger partial charge on any atom is -0.368 e. The number of nitrogens with two attached hydrogens (primary N) is 2. The van der Waals surface area contributed by atoms with Gasteiger partial charge < -0.3 is 11.5 Å². The molecular weight excluding hydrogens is 306 g/mol. The van der Waals surface area contributed by atoms with E-state index in [1.54, 1.807) is 20.8 Å². The van der Waals surface area contributed by atoms with Crippen molar-refractivity contribution in [2.24, 2.45) is 5.73 Å². The average molecular weight is 327 g/mol. The molecule has 0 spiro atoms. The molecule has 1 aromatic rings. The molecule has 0 radical (unpaired) electrons. The number of hydrogen-bond acceptors (Lipinski definition) is 5. The second-order valence-electron chi connectivity index (χ2n) is 5.41. The number of carbonyl (C=O) groups excluding carboxylic acids is 1. The third-order valence-electron chi connectivity index (χ3n) is 3.66. The van der Waals surface area contributed by atoms with Gasteiger partial charge in [0.05, 0.1) is 11.4 Å². The number of primary amides is 1. The smallest absolute Gasteiger partial charge is 0.310 e. The zero-order chi connectivity index (χ0) is 16.7. The van der Waals surface area contributed by atoms with E-state index in [4.69, 9.17) is 11.5 Å². The summed E-state index contributed by atoms with van der Waals surface area (Å²) in [5, 5.41) is 0. The van der Waals surface area contributed by atoms with E-state index in [2.05, 4.69) is 4.98 Å². The molecule has 122 valence electrons. The maximum Gasteiger partial charge on any atom is 0.310 e. The fourth-order valence-electron chi connectivity index (χ4n) is 2.66. The summed E-state index contributed by atoms with van der Waals surface area (Å²) in [6.45, 7) is 5.69. The molecule has 2 rings (SSSR count). The number of hydrogen-bond donors (Lipinski definition) is 2. The summed E-state index contributed by atoms with van der Waals surface area (Å²) in [4.78, 5) is 15.3. The molecular formula is C13H21N5O3S. The van der Waals surface area contributed by atoms with E-state index >= 15 is 0 Å². The zero-order valence-electron chi connectivity index (χ0n) is 12.9. The lowest BCUT2D eigenvalue weighted by atomic mass is 10.00. The number of nitrogens with zero attached hydrogens (tertiary/aromatic N) is 3. The van der Waals surface area contributed by atoms with Gasteiger partial charge in [0.15, 0.2) is 0 Å². The number of anilines is 1. The Morgan fingerprint density at radius 2 is 2.09 bits per heavy atom. The van der Waals surface area contributed by atoms with E-state index in [0.717, 1.165) is 3.97 Å². The highest BCUT2D eigenvalue weighted by Crippen LogP contribution is 2.28. The number of fused-ring (bicyclic) bond motifs is 1. The first-order chi connectivity index (χ1) is 10.2. The molecule has 1 aliphatic carbocycles. The molecule has 0 fully saturated rings. The lowest BCUT2D eigenvalue weighted by Crippen LogP contribution is -2.41. The standard InChI is InChI=1S/C13H21N5O3S/c1-4-17(8(2)3)22(20,21)18-11-6-5-9(12(14)19)7-10(11)16-13(18)15/h7-8H,4-6H2,1-3H3,(H2,14,19)(H2,15,16). The molecule has 9 heteroatoms. The van der Waals surface area contributed by atoms with Gasteiger partial charge in [-0.15, -0.1) is 0 Å². The van der Waals surface area contributed by atoms with Crippen LogP contribution < -0.4 is 11.5 Å². The van der Waals surface area contributed by atoms with Gasteiger partial charge in [-0.1, -0.05) is 6.92 Å². The Hall–Kier alpha value is -1.87. The van der Waals surface area contributed by atoms with Crippen molar-refractivity contribution < 1.29 is 13.2 Å². The Morgan fingerprint density at radius 1 is 1.45 bits per heavy atom. The van der Waals surface area contributed by atoms with Crippen molar-refractivity contribution in [2.45, 2.75) is 39.7 Å². The van der Waals surface area contributed by atoms with E-state index in [9.17, 15) is 13.2 Å². The Kier molecular flexibility index (Phi) is 4.30. The molecule has 0 aromatic carbocycles. The van der Waals surface area contributed by atoms with Crippen LogP contribution in [-0.4, -0.2) is 40.2 Å². The van der Waals surface area contributed by atoms with Gasteiger partial charge in [0.1, 0.15) is 0 Å². The van der Waals surface area contributed by atoms with Crippen molar-refractivity contribution in [1.82, 2.24) is 13.3 Å². The normalized spacial score (nSPS) is 15.0. The van der Waals surface area contributed by atoms with E-state index in [1.165, 1.54) is 10.4 Å². The monoisotopic (exact) mass is 327 g/mol. The van der Waals surface area contributed by atoms with Crippen molar-refractivity contribution in [3.05, 3.63) is 17.0 Å². The molecule has 0 bridgehead atoms. The molecule has 1 aromatic heterocycles. The molecule has 1 amide bonds. The summed E-state index contributed by atoms with van der Waals surface area (Å²) in [5.41, 5.74) is 12.4. The molecule has 0 atom stereocenters. The summed E-state index contributed by atoms with van der Waals surface area (Å²) < 4.78 is 28.1.